The Labute approximate surface area is 182 Å². The lowest BCUT2D eigenvalue weighted by atomic mass is 9.92. The van der Waals surface area contributed by atoms with Gasteiger partial charge in [0.05, 0.1) is 24.9 Å². The van der Waals surface area contributed by atoms with Gasteiger partial charge >= 0.3 is 0 Å². The van der Waals surface area contributed by atoms with Crippen molar-refractivity contribution in [3.05, 3.63) is 64.5 Å². The number of hydrogen-bond donors (Lipinski definition) is 0. The average molecular weight is 458 g/mol. The fraction of sp³-hybridized carbons (Fsp3) is 0.478. The summed E-state index contributed by atoms with van der Waals surface area (Å²) in [5.41, 5.74) is -0.281. The molecule has 2 saturated heterocycles. The van der Waals surface area contributed by atoms with Crippen molar-refractivity contribution in [2.45, 2.75) is 38.8 Å². The van der Waals surface area contributed by atoms with E-state index in [4.69, 9.17) is 18.9 Å². The summed E-state index contributed by atoms with van der Waals surface area (Å²) in [6, 6.07) is 3.33. The van der Waals surface area contributed by atoms with Crippen molar-refractivity contribution in [1.82, 2.24) is 0 Å². The Kier molecular flexibility index (Phi) is 6.97. The Morgan fingerprint density at radius 1 is 0.812 bits per heavy atom. The Hall–Kier alpha value is -2.23. The molecule has 2 aromatic rings. The standard InChI is InChI=1S/C23H23F5O4/c1-12-2-3-21(30-8-12)14-9-31-23(32-10-14)13-4-17(24)16(18(25)5-13)11-29-15-6-19(26)22(28)20(27)7-15/h4-7,12,14,21,23H,2-3,8-11H2,1H3. The molecule has 32 heavy (non-hydrogen) atoms. The van der Waals surface area contributed by atoms with Crippen molar-refractivity contribution < 1.29 is 40.9 Å². The molecule has 0 N–H and O–H groups in total. The summed E-state index contributed by atoms with van der Waals surface area (Å²) in [5, 5.41) is 0. The Morgan fingerprint density at radius 3 is 2.00 bits per heavy atom. The average Bonchev–Trinajstić information content (AvgIpc) is 2.77. The minimum absolute atomic E-state index is 0.0429. The van der Waals surface area contributed by atoms with Crippen LogP contribution in [0.2, 0.25) is 0 Å². The van der Waals surface area contributed by atoms with Gasteiger partial charge in [-0.25, -0.2) is 22.0 Å². The molecule has 2 aromatic carbocycles. The molecule has 2 aliphatic heterocycles. The highest BCUT2D eigenvalue weighted by atomic mass is 19.2. The summed E-state index contributed by atoms with van der Waals surface area (Å²) in [6.07, 6.45) is 1.11. The smallest absolute Gasteiger partial charge is 0.194 e. The minimum atomic E-state index is -1.65. The van der Waals surface area contributed by atoms with Crippen molar-refractivity contribution >= 4 is 0 Å². The molecule has 2 aliphatic rings. The monoisotopic (exact) mass is 458 g/mol. The molecular formula is C23H23F5O4. The van der Waals surface area contributed by atoms with Gasteiger partial charge in [-0.2, -0.15) is 0 Å². The van der Waals surface area contributed by atoms with E-state index in [1.807, 2.05) is 0 Å². The first-order valence-electron chi connectivity index (χ1n) is 10.4. The van der Waals surface area contributed by atoms with Crippen LogP contribution in [0.3, 0.4) is 0 Å². The normalized spacial score (nSPS) is 26.2. The maximum absolute atomic E-state index is 14.5. The molecule has 0 aromatic heterocycles. The molecule has 4 rings (SSSR count). The van der Waals surface area contributed by atoms with E-state index in [1.165, 1.54) is 0 Å². The second kappa shape index (κ2) is 9.72. The summed E-state index contributed by atoms with van der Waals surface area (Å²) >= 11 is 0. The molecule has 4 nitrogen and oxygen atoms in total. The van der Waals surface area contributed by atoms with Gasteiger partial charge in [-0.15, -0.1) is 0 Å². The molecule has 2 unspecified atom stereocenters. The van der Waals surface area contributed by atoms with E-state index in [-0.39, 0.29) is 17.6 Å². The molecule has 2 fully saturated rings. The lowest BCUT2D eigenvalue weighted by Gasteiger charge is -2.37. The molecule has 2 atom stereocenters. The van der Waals surface area contributed by atoms with E-state index < -0.39 is 53.3 Å². The van der Waals surface area contributed by atoms with Crippen LogP contribution in [-0.4, -0.2) is 25.9 Å². The molecular weight excluding hydrogens is 435 g/mol. The molecule has 0 saturated carbocycles. The molecule has 0 spiro atoms. The van der Waals surface area contributed by atoms with Crippen LogP contribution in [0.4, 0.5) is 22.0 Å². The number of halogens is 5. The van der Waals surface area contributed by atoms with Gasteiger partial charge in [0.2, 0.25) is 0 Å². The molecule has 0 radical (unpaired) electrons. The first kappa shape index (κ1) is 22.9. The Balaban J connectivity index is 1.38. The third kappa shape index (κ3) is 5.05. The second-order valence-corrected chi connectivity index (χ2v) is 8.27. The van der Waals surface area contributed by atoms with Crippen molar-refractivity contribution in [2.24, 2.45) is 11.8 Å². The summed E-state index contributed by atoms with van der Waals surface area (Å²) in [4.78, 5) is 0. The van der Waals surface area contributed by atoms with Crippen molar-refractivity contribution in [3.63, 3.8) is 0 Å². The van der Waals surface area contributed by atoms with Crippen molar-refractivity contribution in [2.75, 3.05) is 19.8 Å². The van der Waals surface area contributed by atoms with E-state index in [1.54, 1.807) is 0 Å². The van der Waals surface area contributed by atoms with Gasteiger partial charge in [0.1, 0.15) is 24.0 Å². The second-order valence-electron chi connectivity index (χ2n) is 8.27. The van der Waals surface area contributed by atoms with Crippen LogP contribution in [0.25, 0.3) is 0 Å². The van der Waals surface area contributed by atoms with Crippen LogP contribution in [-0.2, 0) is 20.8 Å². The zero-order valence-electron chi connectivity index (χ0n) is 17.4. The number of ether oxygens (including phenoxy) is 4. The lowest BCUT2D eigenvalue weighted by Crippen LogP contribution is -2.39. The zero-order valence-corrected chi connectivity index (χ0v) is 17.4. The topological polar surface area (TPSA) is 36.9 Å². The van der Waals surface area contributed by atoms with Crippen LogP contribution >= 0.6 is 0 Å². The van der Waals surface area contributed by atoms with Gasteiger partial charge in [-0.3, -0.25) is 0 Å². The first-order valence-corrected chi connectivity index (χ1v) is 10.4. The van der Waals surface area contributed by atoms with Gasteiger partial charge in [0.15, 0.2) is 23.7 Å². The lowest BCUT2D eigenvalue weighted by molar-refractivity contribution is -0.227. The van der Waals surface area contributed by atoms with Gasteiger partial charge in [-0.05, 0) is 30.9 Å². The minimum Gasteiger partial charge on any atom is -0.488 e. The van der Waals surface area contributed by atoms with Gasteiger partial charge in [0, 0.05) is 30.2 Å². The van der Waals surface area contributed by atoms with Gasteiger partial charge in [0.25, 0.3) is 0 Å². The van der Waals surface area contributed by atoms with E-state index in [9.17, 15) is 22.0 Å². The van der Waals surface area contributed by atoms with Crippen molar-refractivity contribution in [3.8, 4) is 5.75 Å². The van der Waals surface area contributed by atoms with E-state index in [0.717, 1.165) is 25.0 Å². The highest BCUT2D eigenvalue weighted by Gasteiger charge is 2.33. The van der Waals surface area contributed by atoms with Crippen molar-refractivity contribution in [1.29, 1.82) is 0 Å². The molecule has 174 valence electrons. The number of benzene rings is 2. The molecule has 0 aliphatic carbocycles. The predicted octanol–water partition coefficient (Wildman–Crippen LogP) is 5.44. The van der Waals surface area contributed by atoms with Gasteiger partial charge in [-0.1, -0.05) is 6.92 Å². The predicted molar refractivity (Wildman–Crippen MR) is 103 cm³/mol. The quantitative estimate of drug-likeness (QED) is 0.442. The van der Waals surface area contributed by atoms with E-state index in [2.05, 4.69) is 6.92 Å². The maximum Gasteiger partial charge on any atom is 0.194 e. The maximum atomic E-state index is 14.5. The molecule has 0 bridgehead atoms. The van der Waals surface area contributed by atoms with Crippen LogP contribution in [0, 0.1) is 40.9 Å². The SMILES string of the molecule is CC1CCC(C2COC(c3cc(F)c(COc4cc(F)c(F)c(F)c4)c(F)c3)OC2)OC1. The fourth-order valence-corrected chi connectivity index (χ4v) is 3.87. The summed E-state index contributed by atoms with van der Waals surface area (Å²) < 4.78 is 90.9. The van der Waals surface area contributed by atoms with Gasteiger partial charge < -0.3 is 18.9 Å². The third-order valence-electron chi connectivity index (χ3n) is 5.76. The highest BCUT2D eigenvalue weighted by Crippen LogP contribution is 2.32. The van der Waals surface area contributed by atoms with Crippen LogP contribution < -0.4 is 4.74 Å². The van der Waals surface area contributed by atoms with Crippen LogP contribution in [0.1, 0.15) is 37.2 Å². The Bertz CT molecular complexity index is 907. The van der Waals surface area contributed by atoms with E-state index >= 15 is 0 Å². The number of hydrogen-bond acceptors (Lipinski definition) is 4. The largest absolute Gasteiger partial charge is 0.488 e. The highest BCUT2D eigenvalue weighted by molar-refractivity contribution is 5.29. The van der Waals surface area contributed by atoms with Crippen LogP contribution in [0.15, 0.2) is 24.3 Å². The number of rotatable bonds is 5. The summed E-state index contributed by atoms with van der Waals surface area (Å²) in [7, 11) is 0. The summed E-state index contributed by atoms with van der Waals surface area (Å²) in [5.74, 6) is -6.25. The van der Waals surface area contributed by atoms with E-state index in [0.29, 0.717) is 37.9 Å². The first-order chi connectivity index (χ1) is 15.3. The third-order valence-corrected chi connectivity index (χ3v) is 5.76. The zero-order chi connectivity index (χ0) is 22.8. The molecule has 2 heterocycles. The molecule has 0 amide bonds. The van der Waals surface area contributed by atoms with Crippen LogP contribution in [0.5, 0.6) is 5.75 Å². The summed E-state index contributed by atoms with van der Waals surface area (Å²) in [6.45, 7) is 2.88. The molecule has 9 heteroatoms. The fourth-order valence-electron chi connectivity index (χ4n) is 3.87. The Morgan fingerprint density at radius 2 is 1.44 bits per heavy atom.